The molecule has 0 bridgehead atoms. The number of rotatable bonds is 5. The molecule has 6 heteroatoms. The van der Waals surface area contributed by atoms with Gasteiger partial charge in [-0.3, -0.25) is 4.79 Å². The molecule has 1 N–H and O–H groups in total. The summed E-state index contributed by atoms with van der Waals surface area (Å²) >= 11 is 1.60. The van der Waals surface area contributed by atoms with Gasteiger partial charge < -0.3 is 10.1 Å². The molecule has 0 aliphatic carbocycles. The third kappa shape index (κ3) is 3.78. The Kier molecular flexibility index (Phi) is 4.86. The minimum atomic E-state index is -0.430. The first-order chi connectivity index (χ1) is 11.7. The number of aromatic nitrogens is 1. The first kappa shape index (κ1) is 16.1. The minimum Gasteiger partial charge on any atom is -0.465 e. The Morgan fingerprint density at radius 2 is 2.00 bits per heavy atom. The maximum absolute atomic E-state index is 12.1. The Hall–Kier alpha value is -2.73. The summed E-state index contributed by atoms with van der Waals surface area (Å²) in [5.74, 6) is -0.545. The van der Waals surface area contributed by atoms with E-state index in [0.717, 1.165) is 15.2 Å². The summed E-state index contributed by atoms with van der Waals surface area (Å²) in [6, 6.07) is 14.6. The van der Waals surface area contributed by atoms with Crippen molar-refractivity contribution in [2.24, 2.45) is 0 Å². The second-order valence-electron chi connectivity index (χ2n) is 5.20. The normalized spacial score (nSPS) is 10.5. The van der Waals surface area contributed by atoms with Gasteiger partial charge >= 0.3 is 5.97 Å². The van der Waals surface area contributed by atoms with Crippen LogP contribution >= 0.6 is 11.3 Å². The lowest BCUT2D eigenvalue weighted by atomic mass is 10.2. The number of carbonyl (C=O) groups excluding carboxylic acids is 2. The van der Waals surface area contributed by atoms with Gasteiger partial charge in [0.15, 0.2) is 0 Å². The van der Waals surface area contributed by atoms with Crippen LogP contribution in [0.25, 0.3) is 10.2 Å². The Morgan fingerprint density at radius 3 is 2.79 bits per heavy atom. The SMILES string of the molecule is COC(=O)c1cccc(NC(=O)CCc2nc3ccccc3s2)c1. The van der Waals surface area contributed by atoms with E-state index in [1.165, 1.54) is 7.11 Å². The van der Waals surface area contributed by atoms with Crippen molar-refractivity contribution in [3.63, 3.8) is 0 Å². The standard InChI is InChI=1S/C18H16N2O3S/c1-23-18(22)12-5-4-6-13(11-12)19-16(21)9-10-17-20-14-7-2-3-8-15(14)24-17/h2-8,11H,9-10H2,1H3,(H,19,21). The van der Waals surface area contributed by atoms with Gasteiger partial charge in [0.1, 0.15) is 0 Å². The molecule has 0 spiro atoms. The van der Waals surface area contributed by atoms with Crippen molar-refractivity contribution >= 4 is 39.1 Å². The van der Waals surface area contributed by atoms with Crippen molar-refractivity contribution in [1.29, 1.82) is 0 Å². The molecule has 5 nitrogen and oxygen atoms in total. The zero-order valence-electron chi connectivity index (χ0n) is 13.1. The molecular formula is C18H16N2O3S. The second kappa shape index (κ2) is 7.23. The average molecular weight is 340 g/mol. The van der Waals surface area contributed by atoms with Crippen LogP contribution in [0.4, 0.5) is 5.69 Å². The number of ether oxygens (including phenoxy) is 1. The van der Waals surface area contributed by atoms with E-state index < -0.39 is 5.97 Å². The van der Waals surface area contributed by atoms with Gasteiger partial charge in [-0.25, -0.2) is 9.78 Å². The zero-order valence-corrected chi connectivity index (χ0v) is 13.9. The Labute approximate surface area is 143 Å². The van der Waals surface area contributed by atoms with Gasteiger partial charge in [0.05, 0.1) is 27.9 Å². The number of amides is 1. The van der Waals surface area contributed by atoms with Crippen LogP contribution in [0.5, 0.6) is 0 Å². The highest BCUT2D eigenvalue weighted by atomic mass is 32.1. The number of carbonyl (C=O) groups is 2. The number of para-hydroxylation sites is 1. The van der Waals surface area contributed by atoms with Gasteiger partial charge in [-0.05, 0) is 30.3 Å². The monoisotopic (exact) mass is 340 g/mol. The summed E-state index contributed by atoms with van der Waals surface area (Å²) in [5, 5.41) is 3.73. The molecule has 122 valence electrons. The molecule has 0 atom stereocenters. The lowest BCUT2D eigenvalue weighted by molar-refractivity contribution is -0.116. The lowest BCUT2D eigenvalue weighted by Crippen LogP contribution is -2.13. The highest BCUT2D eigenvalue weighted by Crippen LogP contribution is 2.22. The molecule has 0 saturated heterocycles. The van der Waals surface area contributed by atoms with Gasteiger partial charge in [0.2, 0.25) is 5.91 Å². The van der Waals surface area contributed by atoms with Crippen molar-refractivity contribution in [3.8, 4) is 0 Å². The van der Waals surface area contributed by atoms with Gasteiger partial charge in [0, 0.05) is 18.5 Å². The molecule has 3 rings (SSSR count). The smallest absolute Gasteiger partial charge is 0.337 e. The molecule has 0 unspecified atom stereocenters. The fourth-order valence-corrected chi connectivity index (χ4v) is 3.28. The second-order valence-corrected chi connectivity index (χ2v) is 6.31. The predicted molar refractivity (Wildman–Crippen MR) is 94.4 cm³/mol. The minimum absolute atomic E-state index is 0.115. The quantitative estimate of drug-likeness (QED) is 0.720. The van der Waals surface area contributed by atoms with E-state index in [4.69, 9.17) is 0 Å². The highest BCUT2D eigenvalue weighted by molar-refractivity contribution is 7.18. The fraction of sp³-hybridized carbons (Fsp3) is 0.167. The van der Waals surface area contributed by atoms with Crippen LogP contribution in [0.3, 0.4) is 0 Å². The number of anilines is 1. The number of nitrogens with zero attached hydrogens (tertiary/aromatic N) is 1. The van der Waals surface area contributed by atoms with E-state index >= 15 is 0 Å². The number of hydrogen-bond donors (Lipinski definition) is 1. The molecule has 1 aromatic heterocycles. The third-order valence-electron chi connectivity index (χ3n) is 3.47. The maximum Gasteiger partial charge on any atom is 0.337 e. The van der Waals surface area contributed by atoms with Crippen LogP contribution in [-0.4, -0.2) is 24.0 Å². The van der Waals surface area contributed by atoms with Gasteiger partial charge in [-0.1, -0.05) is 18.2 Å². The Morgan fingerprint density at radius 1 is 1.17 bits per heavy atom. The van der Waals surface area contributed by atoms with Crippen LogP contribution in [-0.2, 0) is 16.0 Å². The molecule has 0 aliphatic heterocycles. The highest BCUT2D eigenvalue weighted by Gasteiger charge is 2.09. The van der Waals surface area contributed by atoms with Gasteiger partial charge in [-0.2, -0.15) is 0 Å². The van der Waals surface area contributed by atoms with Crippen molar-refractivity contribution in [3.05, 3.63) is 59.1 Å². The molecule has 0 saturated carbocycles. The molecule has 2 aromatic carbocycles. The number of fused-ring (bicyclic) bond motifs is 1. The summed E-state index contributed by atoms with van der Waals surface area (Å²) in [6.07, 6.45) is 0.921. The number of hydrogen-bond acceptors (Lipinski definition) is 5. The summed E-state index contributed by atoms with van der Waals surface area (Å²) in [7, 11) is 1.32. The number of aryl methyl sites for hydroxylation is 1. The number of thiazole rings is 1. The molecule has 0 fully saturated rings. The largest absolute Gasteiger partial charge is 0.465 e. The molecule has 1 amide bonds. The first-order valence-corrected chi connectivity index (χ1v) is 8.30. The number of benzene rings is 2. The lowest BCUT2D eigenvalue weighted by Gasteiger charge is -2.06. The van der Waals surface area contributed by atoms with E-state index in [2.05, 4.69) is 15.0 Å². The average Bonchev–Trinajstić information content (AvgIpc) is 3.02. The molecule has 1 heterocycles. The Bertz CT molecular complexity index is 856. The molecular weight excluding hydrogens is 324 g/mol. The van der Waals surface area contributed by atoms with Crippen LogP contribution in [0.2, 0.25) is 0 Å². The number of esters is 1. The van der Waals surface area contributed by atoms with Gasteiger partial charge in [0.25, 0.3) is 0 Å². The zero-order chi connectivity index (χ0) is 16.9. The topological polar surface area (TPSA) is 68.3 Å². The van der Waals surface area contributed by atoms with Crippen molar-refractivity contribution in [1.82, 2.24) is 4.98 Å². The van der Waals surface area contributed by atoms with Crippen LogP contribution in [0, 0.1) is 0 Å². The summed E-state index contributed by atoms with van der Waals surface area (Å²) in [4.78, 5) is 28.1. The molecule has 0 radical (unpaired) electrons. The van der Waals surface area contributed by atoms with Gasteiger partial charge in [-0.15, -0.1) is 11.3 Å². The number of nitrogens with one attached hydrogen (secondary N) is 1. The van der Waals surface area contributed by atoms with Crippen LogP contribution in [0.1, 0.15) is 21.8 Å². The van der Waals surface area contributed by atoms with Crippen molar-refractivity contribution < 1.29 is 14.3 Å². The maximum atomic E-state index is 12.1. The molecule has 24 heavy (non-hydrogen) atoms. The fourth-order valence-electron chi connectivity index (χ4n) is 2.31. The van der Waals surface area contributed by atoms with E-state index in [1.807, 2.05) is 24.3 Å². The first-order valence-electron chi connectivity index (χ1n) is 7.48. The van der Waals surface area contributed by atoms with E-state index in [-0.39, 0.29) is 5.91 Å². The van der Waals surface area contributed by atoms with E-state index in [1.54, 1.807) is 35.6 Å². The van der Waals surface area contributed by atoms with Crippen LogP contribution < -0.4 is 5.32 Å². The number of methoxy groups -OCH3 is 1. The predicted octanol–water partition coefficient (Wildman–Crippen LogP) is 3.65. The Balaban J connectivity index is 1.60. The van der Waals surface area contributed by atoms with E-state index in [0.29, 0.717) is 24.1 Å². The van der Waals surface area contributed by atoms with E-state index in [9.17, 15) is 9.59 Å². The van der Waals surface area contributed by atoms with Crippen molar-refractivity contribution in [2.45, 2.75) is 12.8 Å². The molecule has 3 aromatic rings. The summed E-state index contributed by atoms with van der Waals surface area (Å²) in [5.41, 5.74) is 1.94. The summed E-state index contributed by atoms with van der Waals surface area (Å²) < 4.78 is 5.80. The third-order valence-corrected chi connectivity index (χ3v) is 4.57. The van der Waals surface area contributed by atoms with Crippen molar-refractivity contribution in [2.75, 3.05) is 12.4 Å². The molecule has 0 aliphatic rings. The van der Waals surface area contributed by atoms with Crippen LogP contribution in [0.15, 0.2) is 48.5 Å². The summed E-state index contributed by atoms with van der Waals surface area (Å²) in [6.45, 7) is 0.